The van der Waals surface area contributed by atoms with Gasteiger partial charge in [0, 0.05) is 38.3 Å². The van der Waals surface area contributed by atoms with Crippen molar-refractivity contribution < 1.29 is 9.18 Å². The number of carbonyl (C=O) groups is 1. The number of rotatable bonds is 2. The number of halogens is 1. The number of aryl methyl sites for hydroxylation is 1. The van der Waals surface area contributed by atoms with Crippen LogP contribution in [0.2, 0.25) is 0 Å². The summed E-state index contributed by atoms with van der Waals surface area (Å²) in [5, 5.41) is 4.26. The molecule has 34 heavy (non-hydrogen) atoms. The Labute approximate surface area is 196 Å². The molecule has 0 unspecified atom stereocenters. The van der Waals surface area contributed by atoms with Gasteiger partial charge in [0.15, 0.2) is 11.5 Å². The number of nitrogen functional groups attached to an aromatic ring is 1. The fourth-order valence-corrected chi connectivity index (χ4v) is 5.77. The van der Waals surface area contributed by atoms with E-state index >= 15 is 0 Å². The van der Waals surface area contributed by atoms with Gasteiger partial charge in [-0.15, -0.1) is 0 Å². The van der Waals surface area contributed by atoms with Gasteiger partial charge in [-0.25, -0.2) is 19.0 Å². The molecule has 0 radical (unpaired) electrons. The van der Waals surface area contributed by atoms with Crippen LogP contribution in [0, 0.1) is 11.2 Å². The lowest BCUT2D eigenvalue weighted by Gasteiger charge is -2.42. The quantitative estimate of drug-likeness (QED) is 0.600. The van der Waals surface area contributed by atoms with E-state index in [0.717, 1.165) is 62.3 Å². The van der Waals surface area contributed by atoms with Crippen molar-refractivity contribution in [2.75, 3.05) is 35.2 Å². The first-order valence-corrected chi connectivity index (χ1v) is 11.7. The molecule has 1 fully saturated rings. The van der Waals surface area contributed by atoms with Gasteiger partial charge >= 0.3 is 0 Å². The van der Waals surface area contributed by atoms with Crippen molar-refractivity contribution in [3.8, 4) is 0 Å². The SMILES string of the molecule is Nc1nc(N2CCC3(CC2)Cc2ccc(F)cc2[C@H]3N)cnc1C(=O)N1CCCn2nccc21. The van der Waals surface area contributed by atoms with E-state index in [1.165, 1.54) is 6.07 Å². The summed E-state index contributed by atoms with van der Waals surface area (Å²) in [5.41, 5.74) is 15.0. The average molecular weight is 463 g/mol. The minimum absolute atomic E-state index is 0.0707. The third kappa shape index (κ3) is 3.24. The predicted molar refractivity (Wildman–Crippen MR) is 126 cm³/mol. The lowest BCUT2D eigenvalue weighted by Crippen LogP contribution is -2.44. The number of fused-ring (bicyclic) bond motifs is 2. The second-order valence-electron chi connectivity index (χ2n) is 9.53. The standard InChI is InChI=1S/C24H27FN8O/c25-16-3-2-15-13-24(21(26)17(15)12-16)5-10-31(11-6-24)18-14-28-20(22(27)30-18)23(34)32-8-1-9-33-19(32)4-7-29-33/h2-4,7,12,14,21H,1,5-6,8-11,13,26H2,(H2,27,30)/t21-/m1/s1. The Hall–Kier alpha value is -3.53. The van der Waals surface area contributed by atoms with Gasteiger partial charge in [0.2, 0.25) is 0 Å². The van der Waals surface area contributed by atoms with Crippen molar-refractivity contribution in [1.29, 1.82) is 0 Å². The van der Waals surface area contributed by atoms with E-state index in [1.807, 2.05) is 16.8 Å². The first-order chi connectivity index (χ1) is 16.4. The van der Waals surface area contributed by atoms with E-state index in [9.17, 15) is 9.18 Å². The number of amides is 1. The van der Waals surface area contributed by atoms with Crippen LogP contribution in [0.25, 0.3) is 0 Å². The van der Waals surface area contributed by atoms with Crippen LogP contribution in [0.4, 0.5) is 21.8 Å². The summed E-state index contributed by atoms with van der Waals surface area (Å²) in [6.07, 6.45) is 6.73. The molecule has 3 aliphatic rings. The summed E-state index contributed by atoms with van der Waals surface area (Å²) in [5.74, 6) is 1.02. The van der Waals surface area contributed by atoms with Crippen molar-refractivity contribution in [3.63, 3.8) is 0 Å². The van der Waals surface area contributed by atoms with Gasteiger partial charge < -0.3 is 16.4 Å². The molecule has 1 spiro atoms. The first-order valence-electron chi connectivity index (χ1n) is 11.7. The van der Waals surface area contributed by atoms with Gasteiger partial charge in [0.1, 0.15) is 17.5 Å². The third-order valence-corrected chi connectivity index (χ3v) is 7.69. The molecule has 2 aliphatic heterocycles. The van der Waals surface area contributed by atoms with E-state index in [0.29, 0.717) is 12.4 Å². The Morgan fingerprint density at radius 1 is 1.15 bits per heavy atom. The van der Waals surface area contributed by atoms with Crippen molar-refractivity contribution in [2.45, 2.75) is 38.3 Å². The monoisotopic (exact) mass is 462 g/mol. The molecule has 4 N–H and O–H groups in total. The lowest BCUT2D eigenvalue weighted by atomic mass is 9.73. The van der Waals surface area contributed by atoms with Gasteiger partial charge in [-0.3, -0.25) is 9.69 Å². The van der Waals surface area contributed by atoms with Gasteiger partial charge in [0.25, 0.3) is 5.91 Å². The van der Waals surface area contributed by atoms with Crippen LogP contribution in [0.1, 0.15) is 46.9 Å². The Bertz CT molecular complexity index is 1270. The van der Waals surface area contributed by atoms with Crippen LogP contribution in [-0.2, 0) is 13.0 Å². The van der Waals surface area contributed by atoms with E-state index in [1.54, 1.807) is 23.4 Å². The van der Waals surface area contributed by atoms with Gasteiger partial charge in [0.05, 0.1) is 12.4 Å². The molecule has 1 atom stereocenters. The van der Waals surface area contributed by atoms with Crippen LogP contribution in [-0.4, -0.2) is 45.3 Å². The zero-order valence-electron chi connectivity index (χ0n) is 18.8. The fraction of sp³-hybridized carbons (Fsp3) is 0.417. The fourth-order valence-electron chi connectivity index (χ4n) is 5.77. The van der Waals surface area contributed by atoms with Gasteiger partial charge in [-0.1, -0.05) is 6.07 Å². The maximum absolute atomic E-state index is 13.8. The number of carbonyl (C=O) groups excluding carboxylic acids is 1. The molecule has 1 amide bonds. The molecule has 1 saturated heterocycles. The third-order valence-electron chi connectivity index (χ3n) is 7.69. The Morgan fingerprint density at radius 2 is 1.97 bits per heavy atom. The van der Waals surface area contributed by atoms with E-state index < -0.39 is 0 Å². The summed E-state index contributed by atoms with van der Waals surface area (Å²) >= 11 is 0. The molecule has 6 rings (SSSR count). The number of aromatic nitrogens is 4. The number of nitrogens with zero attached hydrogens (tertiary/aromatic N) is 6. The second-order valence-corrected chi connectivity index (χ2v) is 9.53. The molecule has 4 heterocycles. The molecule has 1 aliphatic carbocycles. The predicted octanol–water partition coefficient (Wildman–Crippen LogP) is 2.29. The van der Waals surface area contributed by atoms with Crippen LogP contribution in [0.15, 0.2) is 36.7 Å². The molecule has 0 saturated carbocycles. The minimum atomic E-state index is -0.266. The van der Waals surface area contributed by atoms with Crippen LogP contribution in [0.5, 0.6) is 0 Å². The number of piperidine rings is 1. The van der Waals surface area contributed by atoms with E-state index in [4.69, 9.17) is 11.5 Å². The molecule has 176 valence electrons. The van der Waals surface area contributed by atoms with Crippen molar-refractivity contribution in [2.24, 2.45) is 11.1 Å². The highest BCUT2D eigenvalue weighted by Gasteiger charge is 2.46. The number of nitrogens with two attached hydrogens (primary N) is 2. The molecular formula is C24H27FN8O. The number of benzene rings is 1. The largest absolute Gasteiger partial charge is 0.382 e. The topological polar surface area (TPSA) is 119 Å². The van der Waals surface area contributed by atoms with Crippen molar-refractivity contribution in [3.05, 3.63) is 59.3 Å². The van der Waals surface area contributed by atoms with Crippen LogP contribution < -0.4 is 21.3 Å². The highest BCUT2D eigenvalue weighted by molar-refractivity contribution is 6.07. The summed E-state index contributed by atoms with van der Waals surface area (Å²) in [6.45, 7) is 2.87. The molecule has 0 bridgehead atoms. The smallest absolute Gasteiger partial charge is 0.281 e. The highest BCUT2D eigenvalue weighted by Crippen LogP contribution is 2.51. The van der Waals surface area contributed by atoms with Crippen molar-refractivity contribution in [1.82, 2.24) is 19.7 Å². The normalized spacial score (nSPS) is 20.9. The van der Waals surface area contributed by atoms with Crippen LogP contribution >= 0.6 is 0 Å². The summed E-state index contributed by atoms with van der Waals surface area (Å²) in [4.78, 5) is 25.9. The molecule has 1 aromatic carbocycles. The maximum Gasteiger partial charge on any atom is 0.281 e. The molecule has 9 nitrogen and oxygen atoms in total. The summed E-state index contributed by atoms with van der Waals surface area (Å²) < 4.78 is 15.6. The first kappa shape index (κ1) is 21.0. The average Bonchev–Trinajstić information content (AvgIpc) is 3.43. The molecular weight excluding hydrogens is 435 g/mol. The second kappa shape index (κ2) is 7.76. The van der Waals surface area contributed by atoms with Crippen molar-refractivity contribution >= 4 is 23.4 Å². The molecule has 10 heteroatoms. The molecule has 3 aromatic rings. The van der Waals surface area contributed by atoms with Crippen LogP contribution in [0.3, 0.4) is 0 Å². The Kier molecular flexibility index (Phi) is 4.80. The zero-order chi connectivity index (χ0) is 23.4. The number of anilines is 3. The minimum Gasteiger partial charge on any atom is -0.382 e. The van der Waals surface area contributed by atoms with E-state index in [2.05, 4.69) is 20.0 Å². The highest BCUT2D eigenvalue weighted by atomic mass is 19.1. The number of hydrogen-bond acceptors (Lipinski definition) is 7. The zero-order valence-corrected chi connectivity index (χ0v) is 18.8. The number of hydrogen-bond donors (Lipinski definition) is 2. The molecule has 2 aromatic heterocycles. The Morgan fingerprint density at radius 3 is 2.76 bits per heavy atom. The lowest BCUT2D eigenvalue weighted by molar-refractivity contribution is 0.0977. The van der Waals surface area contributed by atoms with Gasteiger partial charge in [-0.2, -0.15) is 5.10 Å². The maximum atomic E-state index is 13.8. The van der Waals surface area contributed by atoms with Gasteiger partial charge in [-0.05, 0) is 54.4 Å². The summed E-state index contributed by atoms with van der Waals surface area (Å²) in [7, 11) is 0. The summed E-state index contributed by atoms with van der Waals surface area (Å²) in [6, 6.07) is 6.60. The Balaban J connectivity index is 1.17. The van der Waals surface area contributed by atoms with E-state index in [-0.39, 0.29) is 34.7 Å².